The molecule has 0 saturated heterocycles. The van der Waals surface area contributed by atoms with Gasteiger partial charge >= 0.3 is 5.97 Å². The van der Waals surface area contributed by atoms with E-state index in [4.69, 9.17) is 0 Å². The number of rotatable bonds is 3. The number of ketones is 1. The predicted molar refractivity (Wildman–Crippen MR) is 76.5 cm³/mol. The molecule has 96 valence electrons. The molecule has 0 aliphatic carbocycles. The van der Waals surface area contributed by atoms with E-state index in [-0.39, 0.29) is 0 Å². The van der Waals surface area contributed by atoms with E-state index in [1.807, 2.05) is 18.2 Å². The lowest BCUT2D eigenvalue weighted by atomic mass is 10.3. The minimum atomic E-state index is -0.836. The Morgan fingerprint density at radius 2 is 1.79 bits per heavy atom. The first-order valence-corrected chi connectivity index (χ1v) is 7.04. The summed E-state index contributed by atoms with van der Waals surface area (Å²) in [6.07, 6.45) is 0. The molecule has 0 unspecified atom stereocenters. The molecule has 0 N–H and O–H groups in total. The van der Waals surface area contributed by atoms with E-state index in [0.717, 1.165) is 14.6 Å². The van der Waals surface area contributed by atoms with Crippen molar-refractivity contribution in [2.75, 3.05) is 7.11 Å². The lowest BCUT2D eigenvalue weighted by Crippen LogP contribution is -2.13. The van der Waals surface area contributed by atoms with Crippen molar-refractivity contribution in [1.29, 1.82) is 0 Å². The average molecular weight is 290 g/mol. The van der Waals surface area contributed by atoms with E-state index in [0.29, 0.717) is 4.88 Å². The second kappa shape index (κ2) is 5.83. The SMILES string of the molecule is CC#Cc1ccc(-c2ccc(C(=O)C(=O)OC)s2)s1. The highest BCUT2D eigenvalue weighted by Crippen LogP contribution is 2.33. The Labute approximate surface area is 118 Å². The van der Waals surface area contributed by atoms with Crippen molar-refractivity contribution >= 4 is 34.4 Å². The number of ether oxygens (including phenoxy) is 1. The van der Waals surface area contributed by atoms with Crippen LogP contribution in [0.3, 0.4) is 0 Å². The molecule has 0 radical (unpaired) electrons. The van der Waals surface area contributed by atoms with Gasteiger partial charge < -0.3 is 4.74 Å². The first-order valence-electron chi connectivity index (χ1n) is 5.41. The summed E-state index contributed by atoms with van der Waals surface area (Å²) < 4.78 is 4.42. The minimum absolute atomic E-state index is 0.387. The van der Waals surface area contributed by atoms with Crippen molar-refractivity contribution < 1.29 is 14.3 Å². The van der Waals surface area contributed by atoms with Crippen LogP contribution < -0.4 is 0 Å². The Balaban J connectivity index is 2.26. The van der Waals surface area contributed by atoms with E-state index in [1.165, 1.54) is 18.4 Å². The van der Waals surface area contributed by atoms with Crippen molar-refractivity contribution in [1.82, 2.24) is 0 Å². The van der Waals surface area contributed by atoms with Crippen molar-refractivity contribution in [2.45, 2.75) is 6.92 Å². The number of Topliss-reactive ketones (excluding diaryl/α,β-unsaturated/α-hetero) is 1. The minimum Gasteiger partial charge on any atom is -0.463 e. The molecule has 0 aromatic carbocycles. The van der Waals surface area contributed by atoms with E-state index in [2.05, 4.69) is 16.6 Å². The first-order chi connectivity index (χ1) is 9.15. The van der Waals surface area contributed by atoms with Crippen molar-refractivity contribution in [3.05, 3.63) is 34.0 Å². The number of carbonyl (C=O) groups excluding carboxylic acids is 2. The number of carbonyl (C=O) groups is 2. The molecule has 2 heterocycles. The van der Waals surface area contributed by atoms with Crippen LogP contribution in [0.1, 0.15) is 21.5 Å². The van der Waals surface area contributed by atoms with Gasteiger partial charge in [-0.15, -0.1) is 28.6 Å². The quantitative estimate of drug-likeness (QED) is 0.377. The highest BCUT2D eigenvalue weighted by atomic mass is 32.1. The maximum absolute atomic E-state index is 11.6. The van der Waals surface area contributed by atoms with Gasteiger partial charge in [0.1, 0.15) is 0 Å². The fraction of sp³-hybridized carbons (Fsp3) is 0.143. The molecule has 0 saturated carbocycles. The lowest BCUT2D eigenvalue weighted by molar-refractivity contribution is -0.135. The van der Waals surface area contributed by atoms with Crippen LogP contribution in [-0.2, 0) is 9.53 Å². The Morgan fingerprint density at radius 1 is 1.11 bits per heavy atom. The van der Waals surface area contributed by atoms with E-state index in [1.54, 1.807) is 24.3 Å². The molecule has 19 heavy (non-hydrogen) atoms. The van der Waals surface area contributed by atoms with Crippen LogP contribution in [0.15, 0.2) is 24.3 Å². The number of hydrogen-bond acceptors (Lipinski definition) is 5. The molecule has 3 nitrogen and oxygen atoms in total. The third kappa shape index (κ3) is 2.92. The number of esters is 1. The van der Waals surface area contributed by atoms with E-state index < -0.39 is 11.8 Å². The summed E-state index contributed by atoms with van der Waals surface area (Å²) in [5.74, 6) is 4.39. The Morgan fingerprint density at radius 3 is 2.47 bits per heavy atom. The van der Waals surface area contributed by atoms with Crippen LogP contribution in [0, 0.1) is 11.8 Å². The highest BCUT2D eigenvalue weighted by molar-refractivity contribution is 7.23. The second-order valence-electron chi connectivity index (χ2n) is 3.52. The monoisotopic (exact) mass is 290 g/mol. The zero-order valence-electron chi connectivity index (χ0n) is 10.4. The highest BCUT2D eigenvalue weighted by Gasteiger charge is 2.19. The fourth-order valence-corrected chi connectivity index (χ4v) is 3.38. The third-order valence-electron chi connectivity index (χ3n) is 2.30. The molecule has 2 rings (SSSR count). The molecular formula is C14H10O3S2. The topological polar surface area (TPSA) is 43.4 Å². The van der Waals surface area contributed by atoms with Crippen LogP contribution in [0.25, 0.3) is 9.75 Å². The Kier molecular flexibility index (Phi) is 4.15. The summed E-state index contributed by atoms with van der Waals surface area (Å²) in [6, 6.07) is 7.38. The molecule has 0 aliphatic rings. The molecule has 5 heteroatoms. The van der Waals surface area contributed by atoms with Crippen LogP contribution >= 0.6 is 22.7 Å². The van der Waals surface area contributed by atoms with Crippen molar-refractivity contribution in [3.63, 3.8) is 0 Å². The lowest BCUT2D eigenvalue weighted by Gasteiger charge is -1.93. The first kappa shape index (κ1) is 13.5. The van der Waals surface area contributed by atoms with Gasteiger partial charge in [-0.1, -0.05) is 5.92 Å². The smallest absolute Gasteiger partial charge is 0.380 e. The molecule has 0 bridgehead atoms. The zero-order valence-corrected chi connectivity index (χ0v) is 12.0. The number of methoxy groups -OCH3 is 1. The number of thiophene rings is 2. The van der Waals surface area contributed by atoms with Gasteiger partial charge in [0.05, 0.1) is 16.9 Å². The zero-order chi connectivity index (χ0) is 13.8. The maximum atomic E-state index is 11.6. The van der Waals surface area contributed by atoms with Gasteiger partial charge in [0.25, 0.3) is 5.78 Å². The van der Waals surface area contributed by atoms with Crippen molar-refractivity contribution in [3.8, 4) is 21.6 Å². The van der Waals surface area contributed by atoms with Gasteiger partial charge in [0, 0.05) is 9.75 Å². The van der Waals surface area contributed by atoms with Crippen molar-refractivity contribution in [2.24, 2.45) is 0 Å². The third-order valence-corrected chi connectivity index (χ3v) is 4.58. The molecule has 0 atom stereocenters. The van der Waals surface area contributed by atoms with Gasteiger partial charge in [-0.3, -0.25) is 4.79 Å². The standard InChI is InChI=1S/C14H10O3S2/c1-3-4-9-5-6-10(18-9)11-7-8-12(19-11)13(15)14(16)17-2/h5-8H,1-2H3. The summed E-state index contributed by atoms with van der Waals surface area (Å²) in [6.45, 7) is 1.79. The normalized spacial score (nSPS) is 9.58. The summed E-state index contributed by atoms with van der Waals surface area (Å²) >= 11 is 2.84. The van der Waals surface area contributed by atoms with Gasteiger partial charge in [-0.25, -0.2) is 4.79 Å². The summed E-state index contributed by atoms with van der Waals surface area (Å²) in [7, 11) is 1.20. The van der Waals surface area contributed by atoms with Gasteiger partial charge in [0.15, 0.2) is 0 Å². The summed E-state index contributed by atoms with van der Waals surface area (Å²) in [5.41, 5.74) is 0. The van der Waals surface area contributed by atoms with Crippen LogP contribution in [0.4, 0.5) is 0 Å². The summed E-state index contributed by atoms with van der Waals surface area (Å²) in [5, 5.41) is 0. The fourth-order valence-electron chi connectivity index (χ4n) is 1.45. The summed E-state index contributed by atoms with van der Waals surface area (Å²) in [4.78, 5) is 26.2. The Bertz CT molecular complexity index is 683. The van der Waals surface area contributed by atoms with E-state index in [9.17, 15) is 9.59 Å². The Hall–Kier alpha value is -1.90. The molecular weight excluding hydrogens is 280 g/mol. The number of hydrogen-bond donors (Lipinski definition) is 0. The van der Waals surface area contributed by atoms with Crippen LogP contribution in [-0.4, -0.2) is 18.9 Å². The average Bonchev–Trinajstić information content (AvgIpc) is 3.05. The molecule has 2 aromatic rings. The molecule has 0 amide bonds. The molecule has 0 fully saturated rings. The predicted octanol–water partition coefficient (Wildman–Crippen LogP) is 3.20. The van der Waals surface area contributed by atoms with E-state index >= 15 is 0 Å². The molecule has 0 aliphatic heterocycles. The second-order valence-corrected chi connectivity index (χ2v) is 5.69. The molecule has 0 spiro atoms. The van der Waals surface area contributed by atoms with Crippen LogP contribution in [0.2, 0.25) is 0 Å². The maximum Gasteiger partial charge on any atom is 0.380 e. The molecule has 2 aromatic heterocycles. The van der Waals surface area contributed by atoms with Gasteiger partial charge in [-0.05, 0) is 31.2 Å². The van der Waals surface area contributed by atoms with Gasteiger partial charge in [-0.2, -0.15) is 0 Å². The van der Waals surface area contributed by atoms with Gasteiger partial charge in [0.2, 0.25) is 0 Å². The van der Waals surface area contributed by atoms with Crippen LogP contribution in [0.5, 0.6) is 0 Å². The largest absolute Gasteiger partial charge is 0.463 e.